The first-order valence-corrected chi connectivity index (χ1v) is 18.6. The monoisotopic (exact) mass is 810 g/mol. The molecule has 0 radical (unpaired) electrons. The van der Waals surface area contributed by atoms with Crippen LogP contribution >= 0.6 is 15.9 Å². The summed E-state index contributed by atoms with van der Waals surface area (Å²) in [7, 11) is 0. The molecule has 10 rings (SSSR count). The number of hydrogen-bond acceptors (Lipinski definition) is 6. The maximum absolute atomic E-state index is 11.3. The van der Waals surface area contributed by atoms with E-state index in [1.807, 2.05) is 73.1 Å². The van der Waals surface area contributed by atoms with Gasteiger partial charge in [-0.15, -0.1) is 0 Å². The number of halogens is 1. The number of hydrogen-bond donors (Lipinski definition) is 1. The van der Waals surface area contributed by atoms with Crippen molar-refractivity contribution in [2.75, 3.05) is 0 Å². The van der Waals surface area contributed by atoms with Crippen LogP contribution in [0.5, 0.6) is 0 Å². The van der Waals surface area contributed by atoms with Crippen molar-refractivity contribution in [1.29, 1.82) is 0 Å². The minimum absolute atomic E-state index is 0.0100. The van der Waals surface area contributed by atoms with Crippen LogP contribution < -0.4 is 0 Å². The van der Waals surface area contributed by atoms with E-state index in [1.54, 1.807) is 24.5 Å². The zero-order valence-electron chi connectivity index (χ0n) is 30.1. The van der Waals surface area contributed by atoms with Crippen molar-refractivity contribution in [1.82, 2.24) is 19.5 Å². The molecule has 4 aromatic heterocycles. The molecule has 11 heteroatoms. The van der Waals surface area contributed by atoms with Crippen LogP contribution in [0.3, 0.4) is 0 Å². The molecule has 10 nitrogen and oxygen atoms in total. The summed E-state index contributed by atoms with van der Waals surface area (Å²) < 4.78 is 3.26. The number of nitrogens with one attached hydrogen (secondary N) is 1. The van der Waals surface area contributed by atoms with Crippen molar-refractivity contribution in [3.8, 4) is 28.2 Å². The summed E-state index contributed by atoms with van der Waals surface area (Å²) in [6.07, 6.45) is 6.99. The summed E-state index contributed by atoms with van der Waals surface area (Å²) in [5, 5.41) is 29.2. The van der Waals surface area contributed by atoms with Gasteiger partial charge in [-0.1, -0.05) is 88.7 Å². The highest BCUT2D eigenvalue weighted by Crippen LogP contribution is 2.32. The van der Waals surface area contributed by atoms with Crippen molar-refractivity contribution >= 4 is 70.7 Å². The van der Waals surface area contributed by atoms with Crippen molar-refractivity contribution in [2.45, 2.75) is 0 Å². The standard InChI is InChI=1S/C23H15N3O2.C13H9N3O2.C10H7Br/c27-26(28)22-6-3-12-24-23(22)19-8-10-21-18(14-19)11-13-25(21)20-9-7-16-4-1-2-5-17(16)15-20;17-16(18)12-2-1-6-15-13(12)10-3-4-11-9(8-10)5-7-14-11;11-10-6-5-8-3-1-2-4-9(8)7-10/h1-15H;1-8,14H;1-7H. The summed E-state index contributed by atoms with van der Waals surface area (Å²) in [6.45, 7) is 0. The van der Waals surface area contributed by atoms with E-state index in [4.69, 9.17) is 0 Å². The number of H-pyrrole nitrogens is 1. The van der Waals surface area contributed by atoms with E-state index < -0.39 is 9.85 Å². The summed E-state index contributed by atoms with van der Waals surface area (Å²) in [5.41, 5.74) is 5.40. The molecule has 0 fully saturated rings. The van der Waals surface area contributed by atoms with Crippen molar-refractivity contribution in [3.63, 3.8) is 0 Å². The van der Waals surface area contributed by atoms with Gasteiger partial charge in [0.05, 0.1) is 15.4 Å². The number of nitrogens with zero attached hydrogens (tertiary/aromatic N) is 5. The molecule has 0 saturated carbocycles. The number of benzene rings is 6. The van der Waals surface area contributed by atoms with Gasteiger partial charge < -0.3 is 9.55 Å². The van der Waals surface area contributed by atoms with Crippen LogP contribution in [0.25, 0.3) is 71.6 Å². The third kappa shape index (κ3) is 7.86. The lowest BCUT2D eigenvalue weighted by atomic mass is 10.1. The first-order chi connectivity index (χ1) is 27.8. The molecule has 0 aliphatic rings. The number of rotatable bonds is 5. The Hall–Kier alpha value is -7.50. The fraction of sp³-hybridized carbons (Fsp3) is 0. The highest BCUT2D eigenvalue weighted by atomic mass is 79.9. The van der Waals surface area contributed by atoms with Gasteiger partial charge in [0.25, 0.3) is 11.4 Å². The van der Waals surface area contributed by atoms with Crippen LogP contribution in [0.2, 0.25) is 0 Å². The third-order valence-electron chi connectivity index (χ3n) is 9.48. The van der Waals surface area contributed by atoms with Crippen molar-refractivity contribution in [3.05, 3.63) is 207 Å². The Morgan fingerprint density at radius 3 is 1.75 bits per heavy atom. The zero-order chi connectivity index (χ0) is 39.3. The average molecular weight is 812 g/mol. The summed E-state index contributed by atoms with van der Waals surface area (Å²) in [4.78, 5) is 32.9. The van der Waals surface area contributed by atoms with Crippen molar-refractivity contribution < 1.29 is 9.85 Å². The quantitative estimate of drug-likeness (QED) is 0.136. The first-order valence-electron chi connectivity index (χ1n) is 17.8. The summed E-state index contributed by atoms with van der Waals surface area (Å²) >= 11 is 3.43. The second-order valence-electron chi connectivity index (χ2n) is 13.0. The van der Waals surface area contributed by atoms with Crippen LogP contribution in [0.1, 0.15) is 0 Å². The van der Waals surface area contributed by atoms with E-state index in [1.165, 1.54) is 33.7 Å². The van der Waals surface area contributed by atoms with Gasteiger partial charge in [0, 0.05) is 74.5 Å². The predicted octanol–water partition coefficient (Wildman–Crippen LogP) is 12.5. The smallest absolute Gasteiger partial charge is 0.295 e. The van der Waals surface area contributed by atoms with E-state index >= 15 is 0 Å². The first kappa shape index (κ1) is 36.5. The number of nitro groups is 2. The van der Waals surface area contributed by atoms with Crippen LogP contribution in [-0.4, -0.2) is 29.4 Å². The largest absolute Gasteiger partial charge is 0.361 e. The molecule has 10 aromatic rings. The fourth-order valence-electron chi connectivity index (χ4n) is 6.74. The van der Waals surface area contributed by atoms with Crippen molar-refractivity contribution in [2.24, 2.45) is 0 Å². The Morgan fingerprint density at radius 1 is 0.526 bits per heavy atom. The normalized spacial score (nSPS) is 10.8. The van der Waals surface area contributed by atoms with Gasteiger partial charge >= 0.3 is 0 Å². The lowest BCUT2D eigenvalue weighted by Crippen LogP contribution is -1.94. The molecule has 0 amide bonds. The van der Waals surface area contributed by atoms with Crippen LogP contribution in [0.4, 0.5) is 11.4 Å². The minimum atomic E-state index is -0.413. The number of aromatic nitrogens is 4. The zero-order valence-corrected chi connectivity index (χ0v) is 31.7. The highest BCUT2D eigenvalue weighted by molar-refractivity contribution is 9.10. The Bertz CT molecular complexity index is 3080. The van der Waals surface area contributed by atoms with Gasteiger partial charge in [-0.3, -0.25) is 20.2 Å². The van der Waals surface area contributed by atoms with E-state index in [2.05, 4.69) is 108 Å². The second kappa shape index (κ2) is 16.1. The fourth-order valence-corrected chi connectivity index (χ4v) is 7.11. The van der Waals surface area contributed by atoms with E-state index in [9.17, 15) is 20.2 Å². The molecule has 6 aromatic carbocycles. The van der Waals surface area contributed by atoms with Gasteiger partial charge in [-0.05, 0) is 94.3 Å². The van der Waals surface area contributed by atoms with E-state index in [0.29, 0.717) is 11.4 Å². The Balaban J connectivity index is 0.000000133. The highest BCUT2D eigenvalue weighted by Gasteiger charge is 2.18. The SMILES string of the molecule is Brc1ccc2ccccc2c1.O=[N+]([O-])c1cccnc1-c1ccc2[nH]ccc2c1.O=[N+]([O-])c1cccnc1-c1ccc2c(ccn2-c2ccc3ccccc3c2)c1. The lowest BCUT2D eigenvalue weighted by molar-refractivity contribution is -0.384. The third-order valence-corrected chi connectivity index (χ3v) is 9.97. The number of fused-ring (bicyclic) bond motifs is 4. The van der Waals surface area contributed by atoms with E-state index in [0.717, 1.165) is 43.1 Å². The van der Waals surface area contributed by atoms with Gasteiger partial charge in [0.1, 0.15) is 11.4 Å². The van der Waals surface area contributed by atoms with Crippen LogP contribution in [0.15, 0.2) is 187 Å². The lowest BCUT2D eigenvalue weighted by Gasteiger charge is -2.08. The molecule has 0 bridgehead atoms. The molecule has 1 N–H and O–H groups in total. The van der Waals surface area contributed by atoms with Crippen LogP contribution in [0, 0.1) is 20.2 Å². The van der Waals surface area contributed by atoms with Gasteiger partial charge in [0.15, 0.2) is 0 Å². The van der Waals surface area contributed by atoms with Gasteiger partial charge in [-0.2, -0.15) is 0 Å². The Labute approximate surface area is 334 Å². The molecule has 0 aliphatic carbocycles. The molecular formula is C46H31BrN6O4. The Kier molecular flexibility index (Phi) is 10.3. The average Bonchev–Trinajstić information content (AvgIpc) is 3.91. The number of aromatic amines is 1. The summed E-state index contributed by atoms with van der Waals surface area (Å²) in [6, 6.07) is 50.7. The maximum Gasteiger partial charge on any atom is 0.295 e. The molecule has 0 saturated heterocycles. The van der Waals surface area contributed by atoms with Gasteiger partial charge in [0.2, 0.25) is 0 Å². The predicted molar refractivity (Wildman–Crippen MR) is 230 cm³/mol. The summed E-state index contributed by atoms with van der Waals surface area (Å²) in [5.74, 6) is 0. The molecule has 276 valence electrons. The van der Waals surface area contributed by atoms with E-state index in [-0.39, 0.29) is 11.4 Å². The molecule has 0 atom stereocenters. The number of pyridine rings is 2. The van der Waals surface area contributed by atoms with Gasteiger partial charge in [-0.25, -0.2) is 9.97 Å². The van der Waals surface area contributed by atoms with Crippen LogP contribution in [-0.2, 0) is 0 Å². The molecule has 0 unspecified atom stereocenters. The molecular weight excluding hydrogens is 780 g/mol. The molecule has 0 spiro atoms. The minimum Gasteiger partial charge on any atom is -0.361 e. The second-order valence-corrected chi connectivity index (χ2v) is 13.9. The Morgan fingerprint density at radius 2 is 1.11 bits per heavy atom. The topological polar surface area (TPSA) is 133 Å². The molecule has 0 aliphatic heterocycles. The molecule has 57 heavy (non-hydrogen) atoms. The molecule has 4 heterocycles. The maximum atomic E-state index is 11.3.